The van der Waals surface area contributed by atoms with Gasteiger partial charge in [0.25, 0.3) is 0 Å². The fourth-order valence-corrected chi connectivity index (χ4v) is 5.56. The lowest BCUT2D eigenvalue weighted by Crippen LogP contribution is -2.42. The minimum atomic E-state index is -3.83. The zero-order valence-corrected chi connectivity index (χ0v) is 15.0. The van der Waals surface area contributed by atoms with Gasteiger partial charge < -0.3 is 5.11 Å². The Kier molecular flexibility index (Phi) is 5.67. The van der Waals surface area contributed by atoms with E-state index in [1.165, 1.54) is 24.3 Å². The molecular formula is C15H21NO6S2. The van der Waals surface area contributed by atoms with Crippen LogP contribution in [0.25, 0.3) is 0 Å². The van der Waals surface area contributed by atoms with Crippen LogP contribution < -0.4 is 0 Å². The highest BCUT2D eigenvalue weighted by Gasteiger charge is 2.33. The Bertz CT molecular complexity index is 799. The van der Waals surface area contributed by atoms with E-state index < -0.39 is 31.7 Å². The maximum Gasteiger partial charge on any atom is 0.307 e. The Morgan fingerprint density at radius 1 is 1.17 bits per heavy atom. The predicted molar refractivity (Wildman–Crippen MR) is 87.9 cm³/mol. The van der Waals surface area contributed by atoms with Gasteiger partial charge in [0.2, 0.25) is 10.0 Å². The zero-order chi connectivity index (χ0) is 18.0. The number of nitrogens with zero attached hydrogens (tertiary/aromatic N) is 1. The third-order valence-corrected chi connectivity index (χ3v) is 7.84. The lowest BCUT2D eigenvalue weighted by Gasteiger charge is -2.29. The third kappa shape index (κ3) is 3.96. The van der Waals surface area contributed by atoms with Crippen LogP contribution >= 0.6 is 0 Å². The molecule has 9 heteroatoms. The smallest absolute Gasteiger partial charge is 0.307 e. The summed E-state index contributed by atoms with van der Waals surface area (Å²) < 4.78 is 50.4. The molecule has 1 aliphatic heterocycles. The summed E-state index contributed by atoms with van der Waals surface area (Å²) in [7, 11) is -7.23. The highest BCUT2D eigenvalue weighted by molar-refractivity contribution is 7.91. The molecule has 1 aromatic carbocycles. The number of piperidine rings is 1. The second-order valence-electron chi connectivity index (χ2n) is 5.83. The maximum absolute atomic E-state index is 12.6. The molecule has 1 N–H and O–H groups in total. The molecule has 7 nitrogen and oxygen atoms in total. The quantitative estimate of drug-likeness (QED) is 0.804. The van der Waals surface area contributed by atoms with Crippen molar-refractivity contribution in [2.45, 2.75) is 36.0 Å². The topological polar surface area (TPSA) is 109 Å². The molecule has 1 unspecified atom stereocenters. The summed E-state index contributed by atoms with van der Waals surface area (Å²) in [5.74, 6) is -1.71. The van der Waals surface area contributed by atoms with Gasteiger partial charge in [-0.25, -0.2) is 16.8 Å². The van der Waals surface area contributed by atoms with Crippen molar-refractivity contribution < 1.29 is 26.7 Å². The number of hydrogen-bond donors (Lipinski definition) is 1. The maximum atomic E-state index is 12.6. The van der Waals surface area contributed by atoms with Gasteiger partial charge in [-0.15, -0.1) is 0 Å². The molecule has 1 aromatic rings. The summed E-state index contributed by atoms with van der Waals surface area (Å²) in [5, 5.41) is 9.08. The standard InChI is InChI=1S/C15H21NO6S2/c1-2-10-23(19,20)13-5-7-14(8-6-13)24(21,22)16-9-3-4-12(11-16)15(17)18/h5-8,12H,2-4,9-11H2,1H3,(H,17,18). The second kappa shape index (κ2) is 7.20. The molecule has 0 radical (unpaired) electrons. The Morgan fingerprint density at radius 3 is 2.29 bits per heavy atom. The van der Waals surface area contributed by atoms with Gasteiger partial charge in [-0.1, -0.05) is 6.92 Å². The summed E-state index contributed by atoms with van der Waals surface area (Å²) in [6.07, 6.45) is 1.42. The van der Waals surface area contributed by atoms with Gasteiger partial charge in [0.15, 0.2) is 9.84 Å². The fraction of sp³-hybridized carbons (Fsp3) is 0.533. The van der Waals surface area contributed by atoms with Crippen molar-refractivity contribution in [1.29, 1.82) is 0 Å². The lowest BCUT2D eigenvalue weighted by atomic mass is 10.0. The minimum absolute atomic E-state index is 0.00547. The molecule has 1 saturated heterocycles. The third-order valence-electron chi connectivity index (χ3n) is 4.03. The first kappa shape index (κ1) is 18.9. The molecule has 0 spiro atoms. The zero-order valence-electron chi connectivity index (χ0n) is 13.4. The van der Waals surface area contributed by atoms with E-state index in [-0.39, 0.29) is 28.6 Å². The van der Waals surface area contributed by atoms with Crippen LogP contribution in [0.4, 0.5) is 0 Å². The molecule has 1 atom stereocenters. The van der Waals surface area contributed by atoms with Crippen molar-refractivity contribution in [3.8, 4) is 0 Å². The van der Waals surface area contributed by atoms with Crippen molar-refractivity contribution in [3.05, 3.63) is 24.3 Å². The van der Waals surface area contributed by atoms with Crippen LogP contribution in [0.1, 0.15) is 26.2 Å². The Hall–Kier alpha value is -1.45. The number of sulfonamides is 1. The van der Waals surface area contributed by atoms with E-state index in [1.807, 2.05) is 0 Å². The number of hydrogen-bond acceptors (Lipinski definition) is 5. The molecule has 1 heterocycles. The largest absolute Gasteiger partial charge is 0.481 e. The molecule has 0 aromatic heterocycles. The van der Waals surface area contributed by atoms with Gasteiger partial charge in [-0.3, -0.25) is 4.79 Å². The number of carboxylic acids is 1. The van der Waals surface area contributed by atoms with Gasteiger partial charge >= 0.3 is 5.97 Å². The van der Waals surface area contributed by atoms with Gasteiger partial charge in [-0.05, 0) is 43.5 Å². The SMILES string of the molecule is CCCS(=O)(=O)c1ccc(S(=O)(=O)N2CCCC(C(=O)O)C2)cc1. The minimum Gasteiger partial charge on any atom is -0.481 e. The summed E-state index contributed by atoms with van der Waals surface area (Å²) in [4.78, 5) is 11.2. The number of carbonyl (C=O) groups is 1. The number of aliphatic carboxylic acids is 1. The number of benzene rings is 1. The molecule has 0 amide bonds. The van der Waals surface area contributed by atoms with Crippen molar-refractivity contribution in [2.24, 2.45) is 5.92 Å². The molecule has 1 fully saturated rings. The monoisotopic (exact) mass is 375 g/mol. The van der Waals surface area contributed by atoms with E-state index in [1.54, 1.807) is 6.92 Å². The van der Waals surface area contributed by atoms with Crippen LogP contribution in [0.5, 0.6) is 0 Å². The van der Waals surface area contributed by atoms with Crippen LogP contribution in [-0.2, 0) is 24.7 Å². The van der Waals surface area contributed by atoms with E-state index in [4.69, 9.17) is 5.11 Å². The molecule has 1 aliphatic rings. The van der Waals surface area contributed by atoms with Crippen molar-refractivity contribution in [1.82, 2.24) is 4.31 Å². The molecule has 0 bridgehead atoms. The predicted octanol–water partition coefficient (Wildman–Crippen LogP) is 1.36. The van der Waals surface area contributed by atoms with Crippen LogP contribution in [0.2, 0.25) is 0 Å². The summed E-state index contributed by atoms with van der Waals surface area (Å²) in [6, 6.07) is 5.11. The number of sulfone groups is 1. The molecular weight excluding hydrogens is 354 g/mol. The highest BCUT2D eigenvalue weighted by Crippen LogP contribution is 2.25. The first-order valence-electron chi connectivity index (χ1n) is 7.74. The first-order chi connectivity index (χ1) is 11.2. The van der Waals surface area contributed by atoms with Crippen LogP contribution in [-0.4, -0.2) is 51.1 Å². The van der Waals surface area contributed by atoms with Gasteiger partial charge in [-0.2, -0.15) is 4.31 Å². The van der Waals surface area contributed by atoms with Crippen molar-refractivity contribution in [2.75, 3.05) is 18.8 Å². The molecule has 0 aliphatic carbocycles. The number of carboxylic acid groups (broad SMARTS) is 1. The average molecular weight is 375 g/mol. The normalized spacial score (nSPS) is 20.0. The molecule has 2 rings (SSSR count). The summed E-state index contributed by atoms with van der Waals surface area (Å²) in [5.41, 5.74) is 0. The van der Waals surface area contributed by atoms with E-state index in [2.05, 4.69) is 0 Å². The van der Waals surface area contributed by atoms with Crippen LogP contribution in [0.3, 0.4) is 0 Å². The van der Waals surface area contributed by atoms with E-state index in [0.29, 0.717) is 19.3 Å². The summed E-state index contributed by atoms with van der Waals surface area (Å²) in [6.45, 7) is 1.96. The first-order valence-corrected chi connectivity index (χ1v) is 10.8. The fourth-order valence-electron chi connectivity index (χ4n) is 2.72. The van der Waals surface area contributed by atoms with Crippen molar-refractivity contribution >= 4 is 25.8 Å². The van der Waals surface area contributed by atoms with Crippen LogP contribution in [0, 0.1) is 5.92 Å². The van der Waals surface area contributed by atoms with Gasteiger partial charge in [0.05, 0.1) is 21.5 Å². The number of rotatable bonds is 6. The Labute approximate surface area is 142 Å². The average Bonchev–Trinajstić information content (AvgIpc) is 2.55. The Balaban J connectivity index is 2.25. The van der Waals surface area contributed by atoms with Gasteiger partial charge in [0, 0.05) is 13.1 Å². The van der Waals surface area contributed by atoms with E-state index in [9.17, 15) is 21.6 Å². The van der Waals surface area contributed by atoms with E-state index in [0.717, 1.165) is 4.31 Å². The second-order valence-corrected chi connectivity index (χ2v) is 9.88. The Morgan fingerprint density at radius 2 is 1.75 bits per heavy atom. The summed E-state index contributed by atoms with van der Waals surface area (Å²) >= 11 is 0. The lowest BCUT2D eigenvalue weighted by molar-refractivity contribution is -0.142. The highest BCUT2D eigenvalue weighted by atomic mass is 32.2. The van der Waals surface area contributed by atoms with E-state index >= 15 is 0 Å². The van der Waals surface area contributed by atoms with Gasteiger partial charge in [0.1, 0.15) is 0 Å². The molecule has 24 heavy (non-hydrogen) atoms. The van der Waals surface area contributed by atoms with Crippen molar-refractivity contribution in [3.63, 3.8) is 0 Å². The molecule has 0 saturated carbocycles. The van der Waals surface area contributed by atoms with Crippen LogP contribution in [0.15, 0.2) is 34.1 Å². The molecule has 134 valence electrons.